The lowest BCUT2D eigenvalue weighted by Gasteiger charge is -2.28. The third-order valence-electron chi connectivity index (χ3n) is 6.67. The lowest BCUT2D eigenvalue weighted by Crippen LogP contribution is -2.45. The van der Waals surface area contributed by atoms with Crippen molar-refractivity contribution in [2.75, 3.05) is 27.4 Å². The summed E-state index contributed by atoms with van der Waals surface area (Å²) in [6.07, 6.45) is 0.286. The second kappa shape index (κ2) is 16.0. The minimum Gasteiger partial charge on any atom is -0.493 e. The monoisotopic (exact) mass is 700 g/mol. The van der Waals surface area contributed by atoms with Crippen molar-refractivity contribution in [1.82, 2.24) is 16.1 Å². The van der Waals surface area contributed by atoms with E-state index in [1.54, 1.807) is 56.3 Å². The van der Waals surface area contributed by atoms with Crippen LogP contribution in [0.25, 0.3) is 0 Å². The summed E-state index contributed by atoms with van der Waals surface area (Å²) in [5.74, 6) is 0.631. The minimum absolute atomic E-state index is 0.148. The number of hydrazone groups is 1. The fraction of sp³-hybridized carbons (Fsp3) is 0.281. The van der Waals surface area contributed by atoms with E-state index in [2.05, 4.69) is 37.1 Å². The van der Waals surface area contributed by atoms with Crippen LogP contribution < -0.4 is 35.0 Å². The zero-order valence-corrected chi connectivity index (χ0v) is 27.1. The number of hydrogen-bond acceptors (Lipinski definition) is 10. The second-order valence-electron chi connectivity index (χ2n) is 9.86. The van der Waals surface area contributed by atoms with E-state index in [0.29, 0.717) is 56.5 Å². The number of amides is 2. The number of halogens is 2. The molecule has 1 aliphatic rings. The Labute approximate surface area is 273 Å². The molecule has 2 atom stereocenters. The van der Waals surface area contributed by atoms with Gasteiger partial charge in [-0.2, -0.15) is 5.10 Å². The standard InChI is InChI=1S/C32H34BrFN4O8/c1-5-44-26-12-20(30-29(31(40)43-4)18(2)36-32(41)37-30)9-10-24(26)46-17-28(39)38-35-15-21-13-25(42-3)27(14-23(21)33)45-16-19-7-6-8-22(34)11-19/h6-15,28,30,38-39H,5,16-17H2,1-4H3,(H2,36,37,41)/b35-15-/t28-,30-/m1/s1. The van der Waals surface area contributed by atoms with Crippen molar-refractivity contribution in [2.24, 2.45) is 5.10 Å². The molecule has 2 amide bonds. The van der Waals surface area contributed by atoms with Gasteiger partial charge in [0.2, 0.25) is 0 Å². The number of esters is 1. The molecule has 1 aliphatic heterocycles. The predicted molar refractivity (Wildman–Crippen MR) is 170 cm³/mol. The number of urea groups is 1. The van der Waals surface area contributed by atoms with E-state index in [0.717, 1.165) is 0 Å². The maximum atomic E-state index is 13.5. The fourth-order valence-electron chi connectivity index (χ4n) is 4.52. The van der Waals surface area contributed by atoms with Crippen LogP contribution in [0.4, 0.5) is 9.18 Å². The van der Waals surface area contributed by atoms with E-state index in [4.69, 9.17) is 23.7 Å². The largest absolute Gasteiger partial charge is 0.493 e. The molecule has 3 aromatic carbocycles. The quantitative estimate of drug-likeness (QED) is 0.0813. The smallest absolute Gasteiger partial charge is 0.337 e. The molecule has 0 aromatic heterocycles. The Morgan fingerprint density at radius 1 is 1.09 bits per heavy atom. The number of rotatable bonds is 14. The van der Waals surface area contributed by atoms with Crippen LogP contribution in [0.5, 0.6) is 23.0 Å². The molecule has 46 heavy (non-hydrogen) atoms. The first-order valence-corrected chi connectivity index (χ1v) is 14.9. The van der Waals surface area contributed by atoms with E-state index < -0.39 is 24.3 Å². The van der Waals surface area contributed by atoms with Crippen LogP contribution in [0.15, 0.2) is 75.4 Å². The number of aliphatic hydroxyl groups excluding tert-OH is 1. The van der Waals surface area contributed by atoms with Crippen molar-refractivity contribution in [1.29, 1.82) is 0 Å². The van der Waals surface area contributed by atoms with Gasteiger partial charge in [-0.25, -0.2) is 14.0 Å². The number of methoxy groups -OCH3 is 2. The topological polar surface area (TPSA) is 149 Å². The van der Waals surface area contributed by atoms with E-state index in [9.17, 15) is 19.1 Å². The Kier molecular flexibility index (Phi) is 11.8. The Bertz CT molecular complexity index is 1630. The lowest BCUT2D eigenvalue weighted by molar-refractivity contribution is -0.136. The molecule has 14 heteroatoms. The van der Waals surface area contributed by atoms with E-state index in [1.807, 2.05) is 0 Å². The van der Waals surface area contributed by atoms with E-state index in [1.165, 1.54) is 32.6 Å². The summed E-state index contributed by atoms with van der Waals surface area (Å²) < 4.78 is 41.9. The van der Waals surface area contributed by atoms with Crippen molar-refractivity contribution in [3.63, 3.8) is 0 Å². The third kappa shape index (κ3) is 8.67. The van der Waals surface area contributed by atoms with E-state index >= 15 is 0 Å². The van der Waals surface area contributed by atoms with Crippen molar-refractivity contribution in [2.45, 2.75) is 32.7 Å². The maximum Gasteiger partial charge on any atom is 0.337 e. The van der Waals surface area contributed by atoms with E-state index in [-0.39, 0.29) is 24.6 Å². The van der Waals surface area contributed by atoms with Gasteiger partial charge in [0.25, 0.3) is 0 Å². The summed E-state index contributed by atoms with van der Waals surface area (Å²) in [4.78, 5) is 24.6. The van der Waals surface area contributed by atoms with Gasteiger partial charge in [0.05, 0.1) is 38.7 Å². The number of aliphatic hydroxyl groups is 1. The van der Waals surface area contributed by atoms with Gasteiger partial charge < -0.3 is 39.4 Å². The second-order valence-corrected chi connectivity index (χ2v) is 10.7. The summed E-state index contributed by atoms with van der Waals surface area (Å²) >= 11 is 3.49. The summed E-state index contributed by atoms with van der Waals surface area (Å²) in [6.45, 7) is 3.69. The number of hydrogen-bond donors (Lipinski definition) is 4. The van der Waals surface area contributed by atoms with Gasteiger partial charge in [-0.05, 0) is 77.3 Å². The maximum absolute atomic E-state index is 13.5. The number of allylic oxidation sites excluding steroid dienone is 1. The number of nitrogens with zero attached hydrogens (tertiary/aromatic N) is 1. The first-order chi connectivity index (χ1) is 22.1. The van der Waals surface area contributed by atoms with Gasteiger partial charge in [0.1, 0.15) is 19.0 Å². The Balaban J connectivity index is 1.39. The molecule has 1 heterocycles. The Morgan fingerprint density at radius 2 is 1.87 bits per heavy atom. The molecule has 244 valence electrons. The molecule has 12 nitrogen and oxygen atoms in total. The van der Waals surface area contributed by atoms with Crippen molar-refractivity contribution in [3.8, 4) is 23.0 Å². The van der Waals surface area contributed by atoms with Gasteiger partial charge in [-0.3, -0.25) is 5.43 Å². The highest BCUT2D eigenvalue weighted by molar-refractivity contribution is 9.10. The van der Waals surface area contributed by atoms with Crippen LogP contribution >= 0.6 is 15.9 Å². The normalized spacial score (nSPS) is 15.1. The summed E-state index contributed by atoms with van der Waals surface area (Å²) in [6, 6.07) is 13.3. The molecular formula is C32H34BrFN4O8. The molecule has 0 fully saturated rings. The fourth-order valence-corrected chi connectivity index (χ4v) is 4.95. The average Bonchev–Trinajstić information content (AvgIpc) is 3.03. The van der Waals surface area contributed by atoms with Crippen molar-refractivity contribution < 1.29 is 42.8 Å². The number of carbonyl (C=O) groups excluding carboxylic acids is 2. The highest BCUT2D eigenvalue weighted by Crippen LogP contribution is 2.35. The lowest BCUT2D eigenvalue weighted by atomic mass is 9.95. The average molecular weight is 702 g/mol. The van der Waals surface area contributed by atoms with Gasteiger partial charge in [-0.15, -0.1) is 0 Å². The molecule has 0 bridgehead atoms. The highest BCUT2D eigenvalue weighted by atomic mass is 79.9. The summed E-state index contributed by atoms with van der Waals surface area (Å²) in [5.41, 5.74) is 5.10. The first kappa shape index (κ1) is 34.1. The van der Waals surface area contributed by atoms with Crippen LogP contribution in [-0.2, 0) is 16.1 Å². The molecule has 0 spiro atoms. The number of benzene rings is 3. The molecule has 0 aliphatic carbocycles. The van der Waals surface area contributed by atoms with Crippen LogP contribution in [0.3, 0.4) is 0 Å². The highest BCUT2D eigenvalue weighted by Gasteiger charge is 2.32. The summed E-state index contributed by atoms with van der Waals surface area (Å²) in [5, 5.41) is 19.9. The molecule has 0 saturated carbocycles. The minimum atomic E-state index is -1.19. The Morgan fingerprint density at radius 3 is 2.59 bits per heavy atom. The SMILES string of the molecule is CCOc1cc([C@H]2NC(=O)NC(C)=C2C(=O)OC)ccc1OC[C@@H](O)N/N=C\c1cc(OC)c(OCc2cccc(F)c2)cc1Br. The molecule has 0 radical (unpaired) electrons. The molecule has 3 aromatic rings. The van der Waals surface area contributed by atoms with Crippen LogP contribution in [0.2, 0.25) is 0 Å². The van der Waals surface area contributed by atoms with Gasteiger partial charge in [-0.1, -0.05) is 18.2 Å². The molecule has 4 N–H and O–H groups in total. The van der Waals surface area contributed by atoms with Gasteiger partial charge in [0.15, 0.2) is 29.2 Å². The van der Waals surface area contributed by atoms with Crippen LogP contribution in [0, 0.1) is 5.82 Å². The van der Waals surface area contributed by atoms with Crippen LogP contribution in [-0.4, -0.2) is 57.0 Å². The van der Waals surface area contributed by atoms with Crippen molar-refractivity contribution in [3.05, 3.63) is 92.8 Å². The first-order valence-electron chi connectivity index (χ1n) is 14.1. The van der Waals surface area contributed by atoms with Crippen LogP contribution in [0.1, 0.15) is 36.6 Å². The molecular weight excluding hydrogens is 667 g/mol. The summed E-state index contributed by atoms with van der Waals surface area (Å²) in [7, 11) is 2.77. The predicted octanol–water partition coefficient (Wildman–Crippen LogP) is 4.70. The molecule has 0 unspecified atom stereocenters. The zero-order chi connectivity index (χ0) is 33.2. The van der Waals surface area contributed by atoms with Crippen molar-refractivity contribution >= 4 is 34.1 Å². The van der Waals surface area contributed by atoms with Gasteiger partial charge >= 0.3 is 12.0 Å². The zero-order valence-electron chi connectivity index (χ0n) is 25.6. The number of ether oxygens (including phenoxy) is 5. The number of carbonyl (C=O) groups is 2. The Hall–Kier alpha value is -4.82. The molecule has 4 rings (SSSR count). The number of nitrogens with one attached hydrogen (secondary N) is 3. The van der Waals surface area contributed by atoms with Gasteiger partial charge in [0, 0.05) is 15.7 Å². The molecule has 0 saturated heterocycles. The third-order valence-corrected chi connectivity index (χ3v) is 7.35.